The van der Waals surface area contributed by atoms with Crippen LogP contribution in [0.15, 0.2) is 31.0 Å². The van der Waals surface area contributed by atoms with Crippen molar-refractivity contribution in [1.29, 1.82) is 0 Å². The van der Waals surface area contributed by atoms with Gasteiger partial charge in [0.25, 0.3) is 0 Å². The van der Waals surface area contributed by atoms with Crippen LogP contribution < -0.4 is 16.5 Å². The number of imidazole rings is 1. The molecular formula is C14H18N8. The van der Waals surface area contributed by atoms with Crippen LogP contribution in [0.3, 0.4) is 0 Å². The smallest absolute Gasteiger partial charge is 0.180 e. The minimum atomic E-state index is 0.437. The lowest BCUT2D eigenvalue weighted by atomic mass is 10.1. The predicted octanol–water partition coefficient (Wildman–Crippen LogP) is 0.470. The molecule has 22 heavy (non-hydrogen) atoms. The molecule has 1 fully saturated rings. The highest BCUT2D eigenvalue weighted by Crippen LogP contribution is 2.23. The summed E-state index contributed by atoms with van der Waals surface area (Å²) in [5.41, 5.74) is 2.69. The summed E-state index contributed by atoms with van der Waals surface area (Å²) in [5.74, 6) is 6.45. The quantitative estimate of drug-likeness (QED) is 0.608. The van der Waals surface area contributed by atoms with Crippen molar-refractivity contribution in [1.82, 2.24) is 29.6 Å². The van der Waals surface area contributed by atoms with Crippen molar-refractivity contribution >= 4 is 11.5 Å². The number of nitrogens with zero attached hydrogens (tertiary/aromatic N) is 5. The monoisotopic (exact) mass is 298 g/mol. The van der Waals surface area contributed by atoms with Crippen molar-refractivity contribution in [3.63, 3.8) is 0 Å². The number of hydrogen-bond acceptors (Lipinski definition) is 6. The maximum Gasteiger partial charge on any atom is 0.180 e. The molecule has 4 N–H and O–H groups in total. The fourth-order valence-corrected chi connectivity index (χ4v) is 2.86. The summed E-state index contributed by atoms with van der Waals surface area (Å²) < 4.78 is 2.01. The molecule has 3 aromatic rings. The lowest BCUT2D eigenvalue weighted by Gasteiger charge is -2.24. The lowest BCUT2D eigenvalue weighted by molar-refractivity contribution is 0.478. The highest BCUT2D eigenvalue weighted by atomic mass is 15.5. The van der Waals surface area contributed by atoms with Crippen LogP contribution >= 0.6 is 0 Å². The van der Waals surface area contributed by atoms with E-state index >= 15 is 0 Å². The van der Waals surface area contributed by atoms with Gasteiger partial charge in [-0.25, -0.2) is 9.97 Å². The zero-order valence-electron chi connectivity index (χ0n) is 12.1. The van der Waals surface area contributed by atoms with E-state index in [-0.39, 0.29) is 0 Å². The molecule has 3 aromatic heterocycles. The second-order valence-corrected chi connectivity index (χ2v) is 5.49. The molecular weight excluding hydrogens is 280 g/mol. The molecule has 1 aliphatic heterocycles. The van der Waals surface area contributed by atoms with Gasteiger partial charge in [0, 0.05) is 24.0 Å². The number of nitrogen functional groups attached to an aromatic ring is 1. The van der Waals surface area contributed by atoms with Gasteiger partial charge < -0.3 is 16.5 Å². The number of hydrogen-bond donors (Lipinski definition) is 3. The van der Waals surface area contributed by atoms with Crippen molar-refractivity contribution < 1.29 is 0 Å². The van der Waals surface area contributed by atoms with Crippen molar-refractivity contribution in [3.05, 3.63) is 31.0 Å². The SMILES string of the molecule is Nn1cc(-c2cnc3c(NC4CCNCC4)nccn23)cn1. The minimum absolute atomic E-state index is 0.437. The number of nitrogens with one attached hydrogen (secondary N) is 2. The zero-order valence-corrected chi connectivity index (χ0v) is 12.1. The van der Waals surface area contributed by atoms with Crippen LogP contribution in [-0.2, 0) is 0 Å². The van der Waals surface area contributed by atoms with Crippen molar-refractivity contribution in [2.75, 3.05) is 24.2 Å². The number of piperidine rings is 1. The molecule has 0 spiro atoms. The Morgan fingerprint density at radius 2 is 2.09 bits per heavy atom. The Labute approximate surface area is 127 Å². The zero-order chi connectivity index (χ0) is 14.9. The summed E-state index contributed by atoms with van der Waals surface area (Å²) >= 11 is 0. The summed E-state index contributed by atoms with van der Waals surface area (Å²) in [7, 11) is 0. The molecule has 1 aliphatic rings. The van der Waals surface area contributed by atoms with E-state index in [2.05, 4.69) is 25.7 Å². The third-order valence-electron chi connectivity index (χ3n) is 4.01. The van der Waals surface area contributed by atoms with Crippen molar-refractivity contribution in [2.24, 2.45) is 0 Å². The molecule has 1 saturated heterocycles. The van der Waals surface area contributed by atoms with Gasteiger partial charge in [0.15, 0.2) is 11.5 Å². The number of aromatic nitrogens is 5. The van der Waals surface area contributed by atoms with Crippen LogP contribution in [0.2, 0.25) is 0 Å². The largest absolute Gasteiger partial charge is 0.364 e. The first-order valence-electron chi connectivity index (χ1n) is 7.41. The Morgan fingerprint density at radius 3 is 2.86 bits per heavy atom. The predicted molar refractivity (Wildman–Crippen MR) is 83.9 cm³/mol. The van der Waals surface area contributed by atoms with Gasteiger partial charge in [0.05, 0.1) is 24.3 Å². The molecule has 0 bridgehead atoms. The summed E-state index contributed by atoms with van der Waals surface area (Å²) in [4.78, 5) is 10.3. The summed E-state index contributed by atoms with van der Waals surface area (Å²) in [6.45, 7) is 2.08. The lowest BCUT2D eigenvalue weighted by Crippen LogP contribution is -2.35. The van der Waals surface area contributed by atoms with Gasteiger partial charge in [-0.05, 0) is 25.9 Å². The van der Waals surface area contributed by atoms with Gasteiger partial charge in [-0.15, -0.1) is 0 Å². The maximum absolute atomic E-state index is 5.63. The van der Waals surface area contributed by atoms with Crippen LogP contribution in [-0.4, -0.2) is 43.4 Å². The second-order valence-electron chi connectivity index (χ2n) is 5.49. The van der Waals surface area contributed by atoms with E-state index in [4.69, 9.17) is 5.84 Å². The van der Waals surface area contributed by atoms with E-state index in [9.17, 15) is 0 Å². The molecule has 8 nitrogen and oxygen atoms in total. The van der Waals surface area contributed by atoms with Gasteiger partial charge in [0.2, 0.25) is 0 Å². The van der Waals surface area contributed by atoms with Crippen LogP contribution in [0.4, 0.5) is 5.82 Å². The normalized spacial score (nSPS) is 16.2. The van der Waals surface area contributed by atoms with Gasteiger partial charge in [-0.3, -0.25) is 4.40 Å². The van der Waals surface area contributed by atoms with Crippen LogP contribution in [0, 0.1) is 0 Å². The number of rotatable bonds is 3. The molecule has 0 amide bonds. The van der Waals surface area contributed by atoms with E-state index in [1.807, 2.05) is 16.8 Å². The maximum atomic E-state index is 5.63. The van der Waals surface area contributed by atoms with Gasteiger partial charge in [-0.2, -0.15) is 9.89 Å². The Hall–Kier alpha value is -2.61. The minimum Gasteiger partial charge on any atom is -0.364 e. The average Bonchev–Trinajstić information content (AvgIpc) is 3.15. The van der Waals surface area contributed by atoms with Crippen molar-refractivity contribution in [2.45, 2.75) is 18.9 Å². The van der Waals surface area contributed by atoms with E-state index in [0.717, 1.165) is 48.7 Å². The summed E-state index contributed by atoms with van der Waals surface area (Å²) in [6, 6.07) is 0.437. The van der Waals surface area contributed by atoms with Gasteiger partial charge >= 0.3 is 0 Å². The van der Waals surface area contributed by atoms with Crippen LogP contribution in [0.5, 0.6) is 0 Å². The van der Waals surface area contributed by atoms with E-state index in [0.29, 0.717) is 6.04 Å². The molecule has 0 radical (unpaired) electrons. The summed E-state index contributed by atoms with van der Waals surface area (Å²) in [6.07, 6.45) is 11.2. The fourth-order valence-electron chi connectivity index (χ4n) is 2.86. The first-order valence-corrected chi connectivity index (χ1v) is 7.41. The average molecular weight is 298 g/mol. The number of nitrogens with two attached hydrogens (primary N) is 1. The second kappa shape index (κ2) is 5.30. The topological polar surface area (TPSA) is 98.1 Å². The Bertz CT molecular complexity index is 783. The number of anilines is 1. The third-order valence-corrected chi connectivity index (χ3v) is 4.01. The molecule has 0 aromatic carbocycles. The van der Waals surface area contributed by atoms with E-state index in [1.54, 1.807) is 18.6 Å². The molecule has 8 heteroatoms. The van der Waals surface area contributed by atoms with Crippen molar-refractivity contribution in [3.8, 4) is 11.3 Å². The molecule has 4 heterocycles. The van der Waals surface area contributed by atoms with E-state index in [1.165, 1.54) is 4.79 Å². The first-order chi connectivity index (χ1) is 10.8. The van der Waals surface area contributed by atoms with Gasteiger partial charge in [-0.1, -0.05) is 0 Å². The standard InChI is InChI=1S/C14H18N8/c15-22-9-10(7-19-22)12-8-18-14-13(17-5-6-21(12)14)20-11-1-3-16-4-2-11/h5-9,11,16H,1-4,15H2,(H,17,20). The Morgan fingerprint density at radius 1 is 1.23 bits per heavy atom. The molecule has 0 atom stereocenters. The van der Waals surface area contributed by atoms with Crippen LogP contribution in [0.25, 0.3) is 16.9 Å². The first kappa shape index (κ1) is 13.1. The number of fused-ring (bicyclic) bond motifs is 1. The Balaban J connectivity index is 1.70. The van der Waals surface area contributed by atoms with Gasteiger partial charge in [0.1, 0.15) is 0 Å². The van der Waals surface area contributed by atoms with Crippen LogP contribution in [0.1, 0.15) is 12.8 Å². The third kappa shape index (κ3) is 2.27. The highest BCUT2D eigenvalue weighted by molar-refractivity contribution is 5.70. The Kier molecular flexibility index (Phi) is 3.15. The molecule has 114 valence electrons. The highest BCUT2D eigenvalue weighted by Gasteiger charge is 2.16. The molecule has 0 aliphatic carbocycles. The molecule has 0 saturated carbocycles. The summed E-state index contributed by atoms with van der Waals surface area (Å²) in [5, 5.41) is 10.9. The molecule has 0 unspecified atom stereocenters. The molecule has 4 rings (SSSR count). The van der Waals surface area contributed by atoms with E-state index < -0.39 is 0 Å². The fraction of sp³-hybridized carbons (Fsp3) is 0.357.